The molecule has 0 amide bonds. The van der Waals surface area contributed by atoms with Gasteiger partial charge in [-0.15, -0.1) is 0 Å². The molecule has 0 spiro atoms. The van der Waals surface area contributed by atoms with E-state index in [1.165, 1.54) is 31.2 Å². The minimum atomic E-state index is 0.132. The summed E-state index contributed by atoms with van der Waals surface area (Å²) in [5.41, 5.74) is 1.18. The van der Waals surface area contributed by atoms with E-state index in [-0.39, 0.29) is 5.75 Å². The van der Waals surface area contributed by atoms with Gasteiger partial charge in [-0.2, -0.15) is 0 Å². The van der Waals surface area contributed by atoms with Crippen molar-refractivity contribution < 1.29 is 5.11 Å². The molecule has 1 heteroatoms. The molecule has 0 aliphatic carbocycles. The van der Waals surface area contributed by atoms with E-state index in [2.05, 4.69) is 6.92 Å². The van der Waals surface area contributed by atoms with Gasteiger partial charge in [0.15, 0.2) is 5.75 Å². The van der Waals surface area contributed by atoms with Crippen LogP contribution in [0.15, 0.2) is 24.3 Å². The summed E-state index contributed by atoms with van der Waals surface area (Å²) in [7, 11) is 0. The van der Waals surface area contributed by atoms with Crippen LogP contribution in [-0.2, 0) is 11.5 Å². The van der Waals surface area contributed by atoms with Crippen LogP contribution in [0.4, 0.5) is 0 Å². The van der Waals surface area contributed by atoms with Crippen molar-refractivity contribution in [2.75, 3.05) is 0 Å². The van der Waals surface area contributed by atoms with E-state index in [1.807, 2.05) is 12.1 Å². The van der Waals surface area contributed by atoms with Crippen LogP contribution in [0, 0.1) is 0 Å². The molecule has 0 N–H and O–H groups in total. The second-order valence-corrected chi connectivity index (χ2v) is 3.46. The first-order chi connectivity index (χ1) is 6.33. The Bertz CT molecular complexity index is 243. The van der Waals surface area contributed by atoms with Crippen LogP contribution in [0.1, 0.15) is 38.2 Å². The lowest BCUT2D eigenvalue weighted by atomic mass is 10.1. The van der Waals surface area contributed by atoms with E-state index < -0.39 is 0 Å². The van der Waals surface area contributed by atoms with Crippen molar-refractivity contribution in [2.24, 2.45) is 0 Å². The van der Waals surface area contributed by atoms with Gasteiger partial charge in [-0.05, 0) is 30.5 Å². The zero-order valence-corrected chi connectivity index (χ0v) is 8.25. The topological polar surface area (TPSA) is 19.9 Å². The minimum Gasteiger partial charge on any atom is -0.290 e. The maximum absolute atomic E-state index is 11.0. The average molecular weight is 177 g/mol. The highest BCUT2D eigenvalue weighted by Crippen LogP contribution is 2.14. The molecular weight excluding hydrogens is 160 g/mol. The molecule has 1 nitrogen and oxygen atoms in total. The number of hydrogen-bond acceptors (Lipinski definition) is 0. The molecule has 0 bridgehead atoms. The maximum Gasteiger partial charge on any atom is 0.178 e. The van der Waals surface area contributed by atoms with E-state index in [1.54, 1.807) is 12.1 Å². The Labute approximate surface area is 80.4 Å². The smallest absolute Gasteiger partial charge is 0.178 e. The van der Waals surface area contributed by atoms with Crippen molar-refractivity contribution >= 4 is 0 Å². The van der Waals surface area contributed by atoms with Crippen LogP contribution in [0.5, 0.6) is 5.75 Å². The third kappa shape index (κ3) is 3.97. The number of aryl methyl sites for hydroxylation is 1. The minimum absolute atomic E-state index is 0.132. The largest absolute Gasteiger partial charge is 0.290 e. The van der Waals surface area contributed by atoms with Gasteiger partial charge in [0.1, 0.15) is 0 Å². The lowest BCUT2D eigenvalue weighted by Crippen LogP contribution is -1.84. The van der Waals surface area contributed by atoms with Crippen molar-refractivity contribution in [3.05, 3.63) is 29.8 Å². The fraction of sp³-hybridized carbons (Fsp3) is 0.500. The normalized spacial score (nSPS) is 10.2. The zero-order valence-electron chi connectivity index (χ0n) is 8.25. The molecule has 0 atom stereocenters. The standard InChI is InChI=1S/C12H17O/c1-2-3-4-5-7-11-8-6-9-12(13)10-11/h6,8-10H,2-5,7H2,1H3. The van der Waals surface area contributed by atoms with Gasteiger partial charge < -0.3 is 0 Å². The molecule has 0 unspecified atom stereocenters. The van der Waals surface area contributed by atoms with Crippen molar-refractivity contribution in [2.45, 2.75) is 39.0 Å². The van der Waals surface area contributed by atoms with E-state index >= 15 is 0 Å². The first kappa shape index (κ1) is 10.1. The van der Waals surface area contributed by atoms with E-state index in [0.29, 0.717) is 0 Å². The molecule has 1 aromatic carbocycles. The van der Waals surface area contributed by atoms with Gasteiger partial charge in [-0.25, -0.2) is 0 Å². The molecule has 13 heavy (non-hydrogen) atoms. The third-order valence-corrected chi connectivity index (χ3v) is 2.22. The lowest BCUT2D eigenvalue weighted by molar-refractivity contribution is 0.354. The predicted molar refractivity (Wildman–Crippen MR) is 54.4 cm³/mol. The van der Waals surface area contributed by atoms with Crippen LogP contribution < -0.4 is 0 Å². The Morgan fingerprint density at radius 3 is 2.69 bits per heavy atom. The summed E-state index contributed by atoms with van der Waals surface area (Å²) < 4.78 is 0. The molecule has 0 saturated carbocycles. The van der Waals surface area contributed by atoms with Crippen LogP contribution in [0.3, 0.4) is 0 Å². The molecule has 0 aliphatic rings. The first-order valence-electron chi connectivity index (χ1n) is 5.09. The summed E-state index contributed by atoms with van der Waals surface area (Å²) >= 11 is 0. The Kier molecular flexibility index (Phi) is 4.37. The molecular formula is C12H17O. The summed E-state index contributed by atoms with van der Waals surface area (Å²) in [6.07, 6.45) is 6.10. The Hall–Kier alpha value is -0.980. The SMILES string of the molecule is CCCCCCc1cccc([O])c1. The van der Waals surface area contributed by atoms with Crippen molar-refractivity contribution in [1.29, 1.82) is 0 Å². The van der Waals surface area contributed by atoms with E-state index in [9.17, 15) is 5.11 Å². The Morgan fingerprint density at radius 2 is 2.00 bits per heavy atom. The number of rotatable bonds is 5. The second-order valence-electron chi connectivity index (χ2n) is 3.46. The third-order valence-electron chi connectivity index (χ3n) is 2.22. The predicted octanol–water partition coefficient (Wildman–Crippen LogP) is 3.95. The molecule has 0 aromatic heterocycles. The first-order valence-corrected chi connectivity index (χ1v) is 5.09. The van der Waals surface area contributed by atoms with Crippen LogP contribution in [0.25, 0.3) is 0 Å². The van der Waals surface area contributed by atoms with Gasteiger partial charge in [0.2, 0.25) is 0 Å². The van der Waals surface area contributed by atoms with Gasteiger partial charge in [0.25, 0.3) is 0 Å². The lowest BCUT2D eigenvalue weighted by Gasteiger charge is -2.00. The van der Waals surface area contributed by atoms with Crippen molar-refractivity contribution in [3.63, 3.8) is 0 Å². The van der Waals surface area contributed by atoms with Gasteiger partial charge in [-0.3, -0.25) is 5.11 Å². The highest BCUT2D eigenvalue weighted by molar-refractivity contribution is 5.26. The second kappa shape index (κ2) is 5.63. The van der Waals surface area contributed by atoms with Crippen LogP contribution in [0.2, 0.25) is 0 Å². The molecule has 1 radical (unpaired) electrons. The van der Waals surface area contributed by atoms with Gasteiger partial charge >= 0.3 is 0 Å². The summed E-state index contributed by atoms with van der Waals surface area (Å²) in [6.45, 7) is 2.21. The monoisotopic (exact) mass is 177 g/mol. The number of unbranched alkanes of at least 4 members (excludes halogenated alkanes) is 3. The van der Waals surface area contributed by atoms with E-state index in [4.69, 9.17) is 0 Å². The van der Waals surface area contributed by atoms with Gasteiger partial charge in [0.05, 0.1) is 0 Å². The van der Waals surface area contributed by atoms with Crippen molar-refractivity contribution in [3.8, 4) is 5.75 Å². The number of benzene rings is 1. The van der Waals surface area contributed by atoms with Gasteiger partial charge in [-0.1, -0.05) is 38.3 Å². The molecule has 1 rings (SSSR count). The Morgan fingerprint density at radius 1 is 1.15 bits per heavy atom. The highest BCUT2D eigenvalue weighted by Gasteiger charge is 1.95. The fourth-order valence-electron chi connectivity index (χ4n) is 1.46. The quantitative estimate of drug-likeness (QED) is 0.607. The summed E-state index contributed by atoms with van der Waals surface area (Å²) in [4.78, 5) is 0. The summed E-state index contributed by atoms with van der Waals surface area (Å²) in [5.74, 6) is 0.132. The zero-order chi connectivity index (χ0) is 9.52. The van der Waals surface area contributed by atoms with Crippen molar-refractivity contribution in [1.82, 2.24) is 0 Å². The van der Waals surface area contributed by atoms with E-state index in [0.717, 1.165) is 6.42 Å². The van der Waals surface area contributed by atoms with Crippen LogP contribution >= 0.6 is 0 Å². The maximum atomic E-state index is 11.0. The molecule has 0 heterocycles. The molecule has 0 fully saturated rings. The van der Waals surface area contributed by atoms with Crippen LogP contribution in [-0.4, -0.2) is 0 Å². The highest BCUT2D eigenvalue weighted by atomic mass is 16.3. The van der Waals surface area contributed by atoms with Gasteiger partial charge in [0, 0.05) is 0 Å². The average Bonchev–Trinajstić information content (AvgIpc) is 2.13. The molecule has 0 aliphatic heterocycles. The number of hydrogen-bond donors (Lipinski definition) is 0. The molecule has 71 valence electrons. The molecule has 0 saturated heterocycles. The Balaban J connectivity index is 2.28. The fourth-order valence-corrected chi connectivity index (χ4v) is 1.46. The molecule has 1 aromatic rings. The summed E-state index contributed by atoms with van der Waals surface area (Å²) in [5, 5.41) is 11.0. The summed E-state index contributed by atoms with van der Waals surface area (Å²) in [6, 6.07) is 7.23.